The van der Waals surface area contributed by atoms with E-state index >= 15 is 0 Å². The van der Waals surface area contributed by atoms with Gasteiger partial charge >= 0.3 is 6.18 Å². The second kappa shape index (κ2) is 3.43. The number of aromatic nitrogens is 2. The highest BCUT2D eigenvalue weighted by Crippen LogP contribution is 2.77. The van der Waals surface area contributed by atoms with Crippen molar-refractivity contribution in [2.75, 3.05) is 0 Å². The summed E-state index contributed by atoms with van der Waals surface area (Å²) in [5.41, 5.74) is 2.26. The minimum absolute atomic E-state index is 0.0428. The summed E-state index contributed by atoms with van der Waals surface area (Å²) in [6.07, 6.45) is -1.88. The zero-order valence-electron chi connectivity index (χ0n) is 11.3. The van der Waals surface area contributed by atoms with Gasteiger partial charge in [0.2, 0.25) is 5.91 Å². The molecule has 5 nitrogen and oxygen atoms in total. The van der Waals surface area contributed by atoms with E-state index in [1.807, 2.05) is 0 Å². The van der Waals surface area contributed by atoms with E-state index < -0.39 is 28.8 Å². The van der Waals surface area contributed by atoms with Crippen LogP contribution in [0.4, 0.5) is 13.2 Å². The maximum absolute atomic E-state index is 13.3. The van der Waals surface area contributed by atoms with E-state index in [2.05, 4.69) is 5.10 Å². The predicted molar refractivity (Wildman–Crippen MR) is 63.7 cm³/mol. The molecule has 3 aliphatic rings. The Bertz CT molecular complexity index is 656. The molecular weight excluding hydrogens is 287 g/mol. The molecule has 2 N–H and O–H groups in total. The second-order valence-electron chi connectivity index (χ2n) is 6.23. The first-order chi connectivity index (χ1) is 9.72. The number of hydrogen-bond donors (Lipinski definition) is 1. The second-order valence-corrected chi connectivity index (χ2v) is 6.23. The van der Waals surface area contributed by atoms with Crippen LogP contribution in [0.15, 0.2) is 6.20 Å². The van der Waals surface area contributed by atoms with Gasteiger partial charge in [0.05, 0.1) is 11.5 Å². The standard InChI is InChI=1S/C13H14F3N3O2/c1-19-5-7(9(18-19)13(14,15)16)12-3-2-8(21-12)6-4-11(6,12)10(17)20/h5-6,8H,2-4H2,1H3,(H2,17,20). The number of rotatable bonds is 2. The lowest BCUT2D eigenvalue weighted by atomic mass is 9.72. The van der Waals surface area contributed by atoms with Crippen LogP contribution in [0.5, 0.6) is 0 Å². The zero-order valence-corrected chi connectivity index (χ0v) is 11.3. The lowest BCUT2D eigenvalue weighted by Crippen LogP contribution is -2.44. The molecule has 1 aliphatic carbocycles. The molecule has 0 spiro atoms. The Morgan fingerprint density at radius 3 is 2.90 bits per heavy atom. The van der Waals surface area contributed by atoms with Crippen LogP contribution in [0, 0.1) is 11.3 Å². The average Bonchev–Trinajstić information content (AvgIpc) is 2.73. The van der Waals surface area contributed by atoms with Gasteiger partial charge in [-0.1, -0.05) is 0 Å². The van der Waals surface area contributed by atoms with Crippen molar-refractivity contribution >= 4 is 5.91 Å². The summed E-state index contributed by atoms with van der Waals surface area (Å²) in [5, 5.41) is 3.54. The Labute approximate surface area is 118 Å². The summed E-state index contributed by atoms with van der Waals surface area (Å²) in [7, 11) is 1.43. The molecule has 2 bridgehead atoms. The Kier molecular flexibility index (Phi) is 2.14. The molecule has 2 saturated heterocycles. The van der Waals surface area contributed by atoms with Gasteiger partial charge in [0.1, 0.15) is 5.60 Å². The van der Waals surface area contributed by atoms with Crippen molar-refractivity contribution in [3.63, 3.8) is 0 Å². The Balaban J connectivity index is 1.92. The van der Waals surface area contributed by atoms with E-state index in [1.165, 1.54) is 13.2 Å². The number of primary amides is 1. The zero-order chi connectivity index (χ0) is 15.2. The quantitative estimate of drug-likeness (QED) is 0.895. The number of nitrogens with zero attached hydrogens (tertiary/aromatic N) is 2. The number of hydrogen-bond acceptors (Lipinski definition) is 3. The van der Waals surface area contributed by atoms with E-state index in [9.17, 15) is 18.0 Å². The third-order valence-electron chi connectivity index (χ3n) is 5.29. The molecule has 0 aromatic carbocycles. The van der Waals surface area contributed by atoms with Crippen LogP contribution in [0.25, 0.3) is 0 Å². The molecule has 2 aliphatic heterocycles. The Morgan fingerprint density at radius 1 is 1.57 bits per heavy atom. The number of aryl methyl sites for hydroxylation is 1. The van der Waals surface area contributed by atoms with Gasteiger partial charge in [-0.15, -0.1) is 0 Å². The van der Waals surface area contributed by atoms with Gasteiger partial charge < -0.3 is 10.5 Å². The predicted octanol–water partition coefficient (Wildman–Crippen LogP) is 1.32. The molecular formula is C13H14F3N3O2. The van der Waals surface area contributed by atoms with Gasteiger partial charge in [0.15, 0.2) is 5.69 Å². The fraction of sp³-hybridized carbons (Fsp3) is 0.692. The molecule has 4 rings (SSSR count). The molecule has 8 heteroatoms. The highest BCUT2D eigenvalue weighted by atomic mass is 19.4. The van der Waals surface area contributed by atoms with Crippen molar-refractivity contribution < 1.29 is 22.7 Å². The van der Waals surface area contributed by atoms with Crippen molar-refractivity contribution in [3.8, 4) is 0 Å². The normalized spacial score (nSPS) is 40.4. The largest absolute Gasteiger partial charge is 0.435 e. The van der Waals surface area contributed by atoms with Crippen molar-refractivity contribution in [2.45, 2.75) is 37.1 Å². The topological polar surface area (TPSA) is 70.1 Å². The number of alkyl halides is 3. The highest BCUT2D eigenvalue weighted by Gasteiger charge is 2.82. The lowest BCUT2D eigenvalue weighted by Gasteiger charge is -2.33. The molecule has 1 aromatic heterocycles. The lowest BCUT2D eigenvalue weighted by molar-refractivity contribution is -0.149. The first-order valence-electron chi connectivity index (χ1n) is 6.81. The Morgan fingerprint density at radius 2 is 2.29 bits per heavy atom. The van der Waals surface area contributed by atoms with Crippen LogP contribution in [-0.4, -0.2) is 21.8 Å². The summed E-state index contributed by atoms with van der Waals surface area (Å²) < 4.78 is 46.7. The molecule has 1 saturated carbocycles. The first kappa shape index (κ1) is 13.1. The van der Waals surface area contributed by atoms with Crippen LogP contribution in [-0.2, 0) is 28.4 Å². The van der Waals surface area contributed by atoms with Crippen LogP contribution >= 0.6 is 0 Å². The van der Waals surface area contributed by atoms with E-state index in [-0.39, 0.29) is 17.6 Å². The van der Waals surface area contributed by atoms with Gasteiger partial charge in [-0.05, 0) is 19.3 Å². The van der Waals surface area contributed by atoms with Crippen LogP contribution < -0.4 is 5.73 Å². The van der Waals surface area contributed by atoms with E-state index in [0.717, 1.165) is 4.68 Å². The molecule has 4 unspecified atom stereocenters. The number of fused-ring (bicyclic) bond motifs is 5. The molecule has 21 heavy (non-hydrogen) atoms. The third-order valence-corrected chi connectivity index (χ3v) is 5.29. The van der Waals surface area contributed by atoms with Crippen LogP contribution in [0.1, 0.15) is 30.5 Å². The third kappa shape index (κ3) is 1.32. The summed E-state index contributed by atoms with van der Waals surface area (Å²) >= 11 is 0. The van der Waals surface area contributed by atoms with Crippen molar-refractivity contribution in [1.29, 1.82) is 0 Å². The monoisotopic (exact) mass is 301 g/mol. The molecule has 0 radical (unpaired) electrons. The number of nitrogens with two attached hydrogens (primary N) is 1. The van der Waals surface area contributed by atoms with Crippen molar-refractivity contribution in [2.24, 2.45) is 24.1 Å². The maximum Gasteiger partial charge on any atom is 0.435 e. The van der Waals surface area contributed by atoms with Gasteiger partial charge in [-0.25, -0.2) is 0 Å². The summed E-state index contributed by atoms with van der Waals surface area (Å²) in [6.45, 7) is 0. The van der Waals surface area contributed by atoms with Crippen LogP contribution in [0.2, 0.25) is 0 Å². The maximum atomic E-state index is 13.3. The number of carbonyl (C=O) groups is 1. The molecule has 4 atom stereocenters. The molecule has 3 heterocycles. The molecule has 1 aromatic rings. The van der Waals surface area contributed by atoms with Crippen molar-refractivity contribution in [3.05, 3.63) is 17.5 Å². The van der Waals surface area contributed by atoms with Gasteiger partial charge in [0, 0.05) is 24.7 Å². The molecule has 1 amide bonds. The molecule has 114 valence electrons. The van der Waals surface area contributed by atoms with Gasteiger partial charge in [0.25, 0.3) is 0 Å². The minimum Gasteiger partial charge on any atom is -0.369 e. The van der Waals surface area contributed by atoms with E-state index in [0.29, 0.717) is 19.3 Å². The van der Waals surface area contributed by atoms with E-state index in [1.54, 1.807) is 0 Å². The number of carbonyl (C=O) groups excluding carboxylic acids is 1. The summed E-state index contributed by atoms with van der Waals surface area (Å²) in [4.78, 5) is 11.9. The first-order valence-corrected chi connectivity index (χ1v) is 6.81. The number of ether oxygens (including phenoxy) is 1. The SMILES string of the molecule is Cn1cc(C23CCC(O2)C2CC23C(N)=O)c(C(F)(F)F)n1. The minimum atomic E-state index is -4.58. The summed E-state index contributed by atoms with van der Waals surface area (Å²) in [5.74, 6) is -0.614. The number of halogens is 3. The van der Waals surface area contributed by atoms with Crippen molar-refractivity contribution in [1.82, 2.24) is 9.78 Å². The fourth-order valence-electron chi connectivity index (χ4n) is 4.45. The van der Waals surface area contributed by atoms with Gasteiger partial charge in [-0.2, -0.15) is 18.3 Å². The van der Waals surface area contributed by atoms with E-state index in [4.69, 9.17) is 10.5 Å². The average molecular weight is 301 g/mol. The fourth-order valence-corrected chi connectivity index (χ4v) is 4.45. The molecule has 3 fully saturated rings. The smallest absolute Gasteiger partial charge is 0.369 e. The van der Waals surface area contributed by atoms with Gasteiger partial charge in [-0.3, -0.25) is 9.48 Å². The Hall–Kier alpha value is -1.57. The summed E-state index contributed by atoms with van der Waals surface area (Å²) in [6, 6.07) is 0. The highest BCUT2D eigenvalue weighted by molar-refractivity contribution is 5.87. The van der Waals surface area contributed by atoms with Crippen LogP contribution in [0.3, 0.4) is 0 Å². The number of amides is 1.